The monoisotopic (exact) mass is 244 g/mol. The molecular weight excluding hydrogens is 228 g/mol. The molecule has 5 heteroatoms. The predicted molar refractivity (Wildman–Crippen MR) is 69.2 cm³/mol. The topological polar surface area (TPSA) is 77.0 Å². The summed E-state index contributed by atoms with van der Waals surface area (Å²) in [7, 11) is 0. The molecule has 0 aromatic carbocycles. The first-order valence-corrected chi connectivity index (χ1v) is 6.13. The third-order valence-electron chi connectivity index (χ3n) is 3.18. The Hall–Kier alpha value is -2.04. The first kappa shape index (κ1) is 11.1. The van der Waals surface area contributed by atoms with Gasteiger partial charge in [-0.2, -0.15) is 0 Å². The maximum absolute atomic E-state index is 5.93. The Kier molecular flexibility index (Phi) is 2.66. The number of anilines is 2. The summed E-state index contributed by atoms with van der Waals surface area (Å²) >= 11 is 0. The molecule has 18 heavy (non-hydrogen) atoms. The lowest BCUT2D eigenvalue weighted by Crippen LogP contribution is -2.09. The number of hydrogen-bond donors (Lipinski definition) is 2. The predicted octanol–water partition coefficient (Wildman–Crippen LogP) is 2.45. The van der Waals surface area contributed by atoms with Crippen molar-refractivity contribution in [3.05, 3.63) is 35.5 Å². The minimum Gasteiger partial charge on any atom is -0.472 e. The van der Waals surface area contributed by atoms with E-state index in [0.29, 0.717) is 18.3 Å². The summed E-state index contributed by atoms with van der Waals surface area (Å²) in [5.41, 5.74) is 7.91. The summed E-state index contributed by atoms with van der Waals surface area (Å²) < 4.78 is 5.03. The lowest BCUT2D eigenvalue weighted by molar-refractivity contribution is 0.564. The lowest BCUT2D eigenvalue weighted by Gasteiger charge is -2.11. The number of aromatic nitrogens is 2. The smallest absolute Gasteiger partial charge is 0.136 e. The van der Waals surface area contributed by atoms with Gasteiger partial charge < -0.3 is 15.5 Å². The minimum atomic E-state index is 0.502. The first-order chi connectivity index (χ1) is 8.74. The SMILES string of the molecule is Cc1c(N)nc(C2CC2)nc1NCc1ccoc1. The molecule has 1 aliphatic carbocycles. The van der Waals surface area contributed by atoms with Gasteiger partial charge in [0.15, 0.2) is 0 Å². The molecule has 1 saturated carbocycles. The average Bonchev–Trinajstić information content (AvgIpc) is 3.08. The molecule has 0 saturated heterocycles. The highest BCUT2D eigenvalue weighted by Crippen LogP contribution is 2.39. The fraction of sp³-hybridized carbons (Fsp3) is 0.385. The van der Waals surface area contributed by atoms with Crippen LogP contribution in [0.25, 0.3) is 0 Å². The molecule has 3 N–H and O–H groups in total. The zero-order valence-electron chi connectivity index (χ0n) is 10.3. The second kappa shape index (κ2) is 4.33. The van der Waals surface area contributed by atoms with Crippen molar-refractivity contribution in [2.75, 3.05) is 11.1 Å². The van der Waals surface area contributed by atoms with E-state index in [1.54, 1.807) is 12.5 Å². The van der Waals surface area contributed by atoms with Crippen molar-refractivity contribution in [2.24, 2.45) is 0 Å². The van der Waals surface area contributed by atoms with Gasteiger partial charge in [-0.25, -0.2) is 9.97 Å². The summed E-state index contributed by atoms with van der Waals surface area (Å²) in [5, 5.41) is 3.29. The standard InChI is InChI=1S/C13H16N4O/c1-8-11(14)16-13(10-2-3-10)17-12(8)15-6-9-4-5-18-7-9/h4-5,7,10H,2-3,6H2,1H3,(H3,14,15,16,17). The Morgan fingerprint density at radius 1 is 1.44 bits per heavy atom. The molecule has 0 bridgehead atoms. The van der Waals surface area contributed by atoms with Gasteiger partial charge >= 0.3 is 0 Å². The van der Waals surface area contributed by atoms with Crippen LogP contribution in [0.15, 0.2) is 23.0 Å². The Morgan fingerprint density at radius 2 is 2.28 bits per heavy atom. The van der Waals surface area contributed by atoms with E-state index >= 15 is 0 Å². The van der Waals surface area contributed by atoms with Gasteiger partial charge in [0.1, 0.15) is 17.5 Å². The highest BCUT2D eigenvalue weighted by Gasteiger charge is 2.27. The second-order valence-electron chi connectivity index (χ2n) is 4.70. The Morgan fingerprint density at radius 3 is 2.94 bits per heavy atom. The van der Waals surface area contributed by atoms with E-state index in [1.165, 1.54) is 12.8 Å². The van der Waals surface area contributed by atoms with Crippen LogP contribution >= 0.6 is 0 Å². The average molecular weight is 244 g/mol. The van der Waals surface area contributed by atoms with Crippen molar-refractivity contribution in [1.29, 1.82) is 0 Å². The van der Waals surface area contributed by atoms with E-state index in [4.69, 9.17) is 10.2 Å². The highest BCUT2D eigenvalue weighted by atomic mass is 16.3. The highest BCUT2D eigenvalue weighted by molar-refractivity contribution is 5.55. The van der Waals surface area contributed by atoms with Gasteiger partial charge in [-0.3, -0.25) is 0 Å². The van der Waals surface area contributed by atoms with Crippen LogP contribution in [0.5, 0.6) is 0 Å². The van der Waals surface area contributed by atoms with Crippen molar-refractivity contribution in [3.63, 3.8) is 0 Å². The van der Waals surface area contributed by atoms with Crippen LogP contribution in [0.1, 0.15) is 35.7 Å². The molecule has 94 valence electrons. The summed E-state index contributed by atoms with van der Waals surface area (Å²) in [6.45, 7) is 2.61. The quantitative estimate of drug-likeness (QED) is 0.863. The van der Waals surface area contributed by atoms with Crippen LogP contribution in [0.4, 0.5) is 11.6 Å². The van der Waals surface area contributed by atoms with Gasteiger partial charge in [0.2, 0.25) is 0 Å². The molecule has 0 amide bonds. The first-order valence-electron chi connectivity index (χ1n) is 6.13. The Bertz CT molecular complexity index is 546. The minimum absolute atomic E-state index is 0.502. The molecule has 1 fully saturated rings. The Labute approximate surface area is 105 Å². The van der Waals surface area contributed by atoms with E-state index in [-0.39, 0.29) is 0 Å². The number of nitrogen functional groups attached to an aromatic ring is 1. The molecule has 0 spiro atoms. The van der Waals surface area contributed by atoms with Crippen LogP contribution < -0.4 is 11.1 Å². The van der Waals surface area contributed by atoms with E-state index in [9.17, 15) is 0 Å². The summed E-state index contributed by atoms with van der Waals surface area (Å²) in [6.07, 6.45) is 5.72. The molecule has 0 atom stereocenters. The van der Waals surface area contributed by atoms with Gasteiger partial charge in [0.25, 0.3) is 0 Å². The van der Waals surface area contributed by atoms with Crippen molar-refractivity contribution in [3.8, 4) is 0 Å². The van der Waals surface area contributed by atoms with E-state index in [0.717, 1.165) is 22.8 Å². The van der Waals surface area contributed by atoms with Crippen molar-refractivity contribution >= 4 is 11.6 Å². The van der Waals surface area contributed by atoms with Gasteiger partial charge in [0.05, 0.1) is 12.5 Å². The molecule has 0 aliphatic heterocycles. The molecule has 2 aromatic heterocycles. The largest absolute Gasteiger partial charge is 0.472 e. The summed E-state index contributed by atoms with van der Waals surface area (Å²) in [5.74, 6) is 2.77. The van der Waals surface area contributed by atoms with Gasteiger partial charge in [-0.1, -0.05) is 0 Å². The maximum atomic E-state index is 5.93. The molecule has 5 nitrogen and oxygen atoms in total. The number of nitrogens with zero attached hydrogens (tertiary/aromatic N) is 2. The number of nitrogens with two attached hydrogens (primary N) is 1. The Balaban J connectivity index is 1.81. The molecule has 3 rings (SSSR count). The van der Waals surface area contributed by atoms with Gasteiger partial charge in [-0.15, -0.1) is 0 Å². The van der Waals surface area contributed by atoms with E-state index in [1.807, 2.05) is 13.0 Å². The fourth-order valence-corrected chi connectivity index (χ4v) is 1.83. The second-order valence-corrected chi connectivity index (χ2v) is 4.70. The van der Waals surface area contributed by atoms with Crippen LogP contribution in [0, 0.1) is 6.92 Å². The van der Waals surface area contributed by atoms with E-state index < -0.39 is 0 Å². The molecule has 0 unspecified atom stereocenters. The zero-order chi connectivity index (χ0) is 12.5. The van der Waals surface area contributed by atoms with Crippen LogP contribution in [-0.2, 0) is 6.54 Å². The van der Waals surface area contributed by atoms with Crippen molar-refractivity contribution in [2.45, 2.75) is 32.2 Å². The molecular formula is C13H16N4O. The van der Waals surface area contributed by atoms with Crippen molar-refractivity contribution in [1.82, 2.24) is 9.97 Å². The fourth-order valence-electron chi connectivity index (χ4n) is 1.83. The van der Waals surface area contributed by atoms with Crippen LogP contribution in [0.3, 0.4) is 0 Å². The number of hydrogen-bond acceptors (Lipinski definition) is 5. The van der Waals surface area contributed by atoms with Crippen molar-refractivity contribution < 1.29 is 4.42 Å². The third kappa shape index (κ3) is 2.16. The third-order valence-corrected chi connectivity index (χ3v) is 3.18. The number of furan rings is 1. The molecule has 2 heterocycles. The normalized spacial score (nSPS) is 14.7. The number of nitrogens with one attached hydrogen (secondary N) is 1. The van der Waals surface area contributed by atoms with Crippen LogP contribution in [-0.4, -0.2) is 9.97 Å². The maximum Gasteiger partial charge on any atom is 0.136 e. The molecule has 2 aromatic rings. The van der Waals surface area contributed by atoms with Gasteiger partial charge in [0, 0.05) is 23.6 Å². The van der Waals surface area contributed by atoms with E-state index in [2.05, 4.69) is 15.3 Å². The van der Waals surface area contributed by atoms with Gasteiger partial charge in [-0.05, 0) is 25.8 Å². The lowest BCUT2D eigenvalue weighted by atomic mass is 10.2. The van der Waals surface area contributed by atoms with Crippen LogP contribution in [0.2, 0.25) is 0 Å². The summed E-state index contributed by atoms with van der Waals surface area (Å²) in [4.78, 5) is 8.91. The molecule has 1 aliphatic rings. The number of rotatable bonds is 4. The summed E-state index contributed by atoms with van der Waals surface area (Å²) in [6, 6.07) is 1.93. The zero-order valence-corrected chi connectivity index (χ0v) is 10.3. The molecule has 0 radical (unpaired) electrons.